The number of carbonyl (C=O) groups excluding carboxylic acids is 1. The van der Waals surface area contributed by atoms with Crippen LogP contribution in [0.5, 0.6) is 46.0 Å². The lowest BCUT2D eigenvalue weighted by atomic mass is 9.96. The molecule has 0 atom stereocenters. The third-order valence-electron chi connectivity index (χ3n) is 22.6. The van der Waals surface area contributed by atoms with Gasteiger partial charge >= 0.3 is 5.97 Å². The Hall–Kier alpha value is -13.8. The number of ketones is 1. The molecule has 0 saturated carbocycles. The average molecular weight is 1750 g/mol. The van der Waals surface area contributed by atoms with Crippen molar-refractivity contribution >= 4 is 11.8 Å². The van der Waals surface area contributed by atoms with Crippen LogP contribution in [0, 0.1) is 0 Å². The van der Waals surface area contributed by atoms with Crippen molar-refractivity contribution in [3.05, 3.63) is 352 Å². The molecular weight excluding hydrogens is 1630 g/mol. The second-order valence-corrected chi connectivity index (χ2v) is 31.9. The van der Waals surface area contributed by atoms with E-state index in [0.717, 1.165) is 206 Å². The fraction of sp³-hybridized carbons (Fsp3) is 0.282. The third kappa shape index (κ3) is 26.2. The summed E-state index contributed by atoms with van der Waals surface area (Å²) in [6, 6.07) is 82.7. The van der Waals surface area contributed by atoms with Gasteiger partial charge in [-0.05, 0) is 199 Å². The first-order valence-electron chi connectivity index (χ1n) is 45.3. The molecule has 14 aromatic rings. The number of ether oxygens (including phenoxy) is 8. The zero-order valence-corrected chi connectivity index (χ0v) is 75.3. The quantitative estimate of drug-likeness (QED) is 0.0324. The molecule has 20 heteroatoms. The van der Waals surface area contributed by atoms with Crippen molar-refractivity contribution in [1.29, 1.82) is 0 Å². The Morgan fingerprint density at radius 1 is 0.346 bits per heavy atom. The second-order valence-electron chi connectivity index (χ2n) is 31.9. The van der Waals surface area contributed by atoms with Crippen LogP contribution in [0.1, 0.15) is 188 Å². The number of hydrogen-bond donors (Lipinski definition) is 3. The van der Waals surface area contributed by atoms with Crippen molar-refractivity contribution < 1.29 is 62.1 Å². The number of aliphatic hydroxyl groups excluding tert-OH is 1. The fourth-order valence-corrected chi connectivity index (χ4v) is 15.8. The summed E-state index contributed by atoms with van der Waals surface area (Å²) in [6.45, 7) is 17.6. The number of aromatic nitrogens is 5. The van der Waals surface area contributed by atoms with Gasteiger partial charge in [-0.1, -0.05) is 237 Å². The molecule has 130 heavy (non-hydrogen) atoms. The Kier molecular flexibility index (Phi) is 35.7. The van der Waals surface area contributed by atoms with Crippen LogP contribution in [-0.2, 0) is 71.4 Å². The number of benzene rings is 9. The first-order chi connectivity index (χ1) is 63.9. The lowest BCUT2D eigenvalue weighted by Crippen LogP contribution is -2.23. The number of aliphatic hydroxyl groups is 1. The summed E-state index contributed by atoms with van der Waals surface area (Å²) in [5.41, 5.74) is 23.5. The molecule has 9 aromatic carbocycles. The molecule has 0 bridgehead atoms. The first kappa shape index (κ1) is 93.8. The number of unbranched alkanes of at least 4 members (excludes halogenated alkanes) is 5. The fourth-order valence-electron chi connectivity index (χ4n) is 15.8. The Balaban J connectivity index is 0.000000139. The predicted octanol–water partition coefficient (Wildman–Crippen LogP) is 24.5. The van der Waals surface area contributed by atoms with Gasteiger partial charge in [0.1, 0.15) is 11.5 Å². The van der Waals surface area contributed by atoms with Crippen LogP contribution in [0.2, 0.25) is 0 Å². The van der Waals surface area contributed by atoms with E-state index in [0.29, 0.717) is 29.4 Å². The molecule has 9 heterocycles. The van der Waals surface area contributed by atoms with Crippen LogP contribution in [0.15, 0.2) is 284 Å². The number of aromatic carboxylic acids is 1. The van der Waals surface area contributed by atoms with Crippen molar-refractivity contribution in [2.75, 3.05) is 27.2 Å². The summed E-state index contributed by atoms with van der Waals surface area (Å²) in [7, 11) is 0. The van der Waals surface area contributed by atoms with Gasteiger partial charge in [-0.25, -0.2) is 9.78 Å². The van der Waals surface area contributed by atoms with Crippen molar-refractivity contribution in [3.63, 3.8) is 0 Å². The highest BCUT2D eigenvalue weighted by Crippen LogP contribution is 2.39. The molecule has 4 aliphatic heterocycles. The number of carboxylic acid groups (broad SMARTS) is 1. The molecule has 670 valence electrons. The molecule has 0 saturated heterocycles. The Morgan fingerprint density at radius 3 is 1.12 bits per heavy atom. The van der Waals surface area contributed by atoms with Gasteiger partial charge in [-0.15, -0.1) is 0 Å². The molecule has 0 aliphatic carbocycles. The van der Waals surface area contributed by atoms with E-state index >= 15 is 0 Å². The molecule has 0 radical (unpaired) electrons. The third-order valence-corrected chi connectivity index (χ3v) is 22.6. The van der Waals surface area contributed by atoms with E-state index in [2.05, 4.69) is 187 Å². The number of nitrogens with zero attached hydrogens (tertiary/aromatic N) is 6. The number of aryl methyl sites for hydroxylation is 1. The molecule has 0 amide bonds. The summed E-state index contributed by atoms with van der Waals surface area (Å²) >= 11 is 0. The summed E-state index contributed by atoms with van der Waals surface area (Å²) in [5, 5.41) is 22.4. The molecular formula is C110H117N7O13. The minimum Gasteiger partial charge on any atom is -0.478 e. The smallest absolute Gasteiger partial charge is 0.336 e. The molecule has 0 spiro atoms. The number of carbonyl (C=O) groups is 2. The van der Waals surface area contributed by atoms with Gasteiger partial charge in [0.2, 0.25) is 27.2 Å². The zero-order valence-electron chi connectivity index (χ0n) is 75.3. The van der Waals surface area contributed by atoms with Crippen molar-refractivity contribution in [2.24, 2.45) is 0 Å². The maximum Gasteiger partial charge on any atom is 0.336 e. The molecule has 5 aromatic heterocycles. The number of fused-ring (bicyclic) bond motifs is 4. The molecule has 20 nitrogen and oxygen atoms in total. The van der Waals surface area contributed by atoms with Crippen molar-refractivity contribution in [2.45, 2.75) is 177 Å². The second kappa shape index (κ2) is 49.5. The van der Waals surface area contributed by atoms with Crippen LogP contribution < -0.4 is 43.2 Å². The minimum atomic E-state index is -0.884. The Morgan fingerprint density at radius 2 is 0.692 bits per heavy atom. The number of rotatable bonds is 33. The number of pyridine rings is 4. The van der Waals surface area contributed by atoms with Crippen molar-refractivity contribution in [3.8, 4) is 102 Å². The zero-order chi connectivity index (χ0) is 90.4. The number of nitrogens with one attached hydrogen (secondary N) is 1. The highest BCUT2D eigenvalue weighted by atomic mass is 16.7. The minimum absolute atomic E-state index is 0.0355. The van der Waals surface area contributed by atoms with Gasteiger partial charge in [0, 0.05) is 97.3 Å². The van der Waals surface area contributed by atoms with Crippen LogP contribution in [0.3, 0.4) is 0 Å². The van der Waals surface area contributed by atoms with Gasteiger partial charge in [0.25, 0.3) is 0 Å². The predicted molar refractivity (Wildman–Crippen MR) is 510 cm³/mol. The lowest BCUT2D eigenvalue weighted by Gasteiger charge is -2.25. The number of carboxylic acids is 1. The topological polar surface area (TPSA) is 241 Å². The van der Waals surface area contributed by atoms with Gasteiger partial charge in [0.15, 0.2) is 58.2 Å². The van der Waals surface area contributed by atoms with Gasteiger partial charge in [-0.3, -0.25) is 29.6 Å². The monoisotopic (exact) mass is 1740 g/mol. The van der Waals surface area contributed by atoms with Crippen LogP contribution in [0.4, 0.5) is 0 Å². The normalized spacial score (nSPS) is 11.9. The summed E-state index contributed by atoms with van der Waals surface area (Å²) in [4.78, 5) is 47.5. The molecule has 4 aliphatic rings. The maximum absolute atomic E-state index is 11.3. The van der Waals surface area contributed by atoms with Crippen LogP contribution >= 0.6 is 0 Å². The lowest BCUT2D eigenvalue weighted by molar-refractivity contribution is 0.0695. The standard InChI is InChI=1S/C32H32N2O4.C24H26N2O2.C16H17NO2.C16H19NO.C13H15NO.C9H8O3/c1-2-3-9-27-26(14-15-33-32(27)25-7-5-4-6-8-25)20-34(18-23-10-12-28-30(16-23)37-21-35-28)19-24-11-13-29-31(17-24)38-22-36-29;1-2-3-9-21-20(12-13-26-24(21)19-7-5-4-6-8-19)16-25-15-18-10-11-22-23(14-18)28-17-27-22;1-2-3-9-13-14(16(18)19)10-11-17-15(13)12-7-5-4-6-8-12;1-2-3-9-15-14(12-18)10-11-17-16(15)13-7-5-4-6-8-13;1-2-3-9-12-13(14-10-15-12)11-7-5-4-6-8-11;1-6(10)7-2-3-8-9(4-7)12-5-11-8/h4-8,10-17H,2-3,9,18-22H2,1H3;4-8,10-14,25H,2-3,9,15-17H2,1H3;4-8,10-11H,2-3,9H2,1H3,(H,18,19);4-8,10-11,18H,2-3,9,12H2,1H3;4-8,10H,2-3,9H2,1H3;2-4H,5H2,1H3. The molecule has 0 fully saturated rings. The van der Waals surface area contributed by atoms with Gasteiger partial charge in [0.05, 0.1) is 34.9 Å². The van der Waals surface area contributed by atoms with Gasteiger partial charge < -0.3 is 57.8 Å². The molecule has 3 N–H and O–H groups in total. The average Bonchev–Trinajstić information content (AvgIpc) is 1.41. The van der Waals surface area contributed by atoms with Crippen molar-refractivity contribution in [1.82, 2.24) is 35.1 Å². The Bertz CT molecular complexity index is 5840. The Labute approximate surface area is 763 Å². The number of hydrogen-bond acceptors (Lipinski definition) is 19. The molecule has 0 unspecified atom stereocenters. The van der Waals surface area contributed by atoms with E-state index in [4.69, 9.17) is 52.3 Å². The van der Waals surface area contributed by atoms with E-state index in [1.54, 1.807) is 36.7 Å². The summed E-state index contributed by atoms with van der Waals surface area (Å²) in [6.07, 6.45) is 24.7. The molecule has 18 rings (SSSR count). The van der Waals surface area contributed by atoms with E-state index in [9.17, 15) is 19.8 Å². The highest BCUT2D eigenvalue weighted by Gasteiger charge is 2.24. The largest absolute Gasteiger partial charge is 0.478 e. The number of Topliss-reactive ketones (excluding diaryl/α,β-unsaturated/α-hetero) is 1. The van der Waals surface area contributed by atoms with E-state index in [1.807, 2.05) is 109 Å². The van der Waals surface area contributed by atoms with E-state index in [1.165, 1.54) is 88.2 Å². The SMILES string of the molecule is CC(=O)c1ccc2c(c1)OCO2.CCCCc1c(C(=O)O)ccnc1-c1ccccc1.CCCCc1c(CN(Cc2ccc3c(c2)OCO3)Cc2ccc3c(c2)OCO3)ccnc1-c1ccccc1.CCCCc1c(CNCc2ccc3c(c2)OCO3)ccnc1-c1ccccc1.CCCCc1c(CO)ccnc1-c1ccccc1.CCCCc1ocnc1-c1ccccc1. The summed E-state index contributed by atoms with van der Waals surface area (Å²) < 4.78 is 48.9. The highest BCUT2D eigenvalue weighted by molar-refractivity contribution is 5.95. The van der Waals surface area contributed by atoms with E-state index in [-0.39, 0.29) is 32.8 Å². The summed E-state index contributed by atoms with van der Waals surface area (Å²) in [5.74, 6) is 6.41. The maximum atomic E-state index is 11.3. The van der Waals surface area contributed by atoms with Gasteiger partial charge in [-0.2, -0.15) is 0 Å². The van der Waals surface area contributed by atoms with E-state index < -0.39 is 5.97 Å². The number of oxazole rings is 1. The first-order valence-corrected chi connectivity index (χ1v) is 45.3. The van der Waals surface area contributed by atoms with Crippen LogP contribution in [-0.4, -0.2) is 79.0 Å². The van der Waals surface area contributed by atoms with Crippen LogP contribution in [0.25, 0.3) is 56.3 Å².